The number of ether oxygens (including phenoxy) is 2. The van der Waals surface area contributed by atoms with Gasteiger partial charge in [-0.2, -0.15) is 0 Å². The molecule has 7 heteroatoms. The zero-order valence-corrected chi connectivity index (χ0v) is 17.6. The lowest BCUT2D eigenvalue weighted by molar-refractivity contribution is 0.0806. The Morgan fingerprint density at radius 2 is 2.09 bits per heavy atom. The summed E-state index contributed by atoms with van der Waals surface area (Å²) in [5.74, 6) is 1.17. The second kappa shape index (κ2) is 6.71. The van der Waals surface area contributed by atoms with Crippen molar-refractivity contribution in [2.45, 2.75) is 11.8 Å². The molecule has 1 saturated heterocycles. The van der Waals surface area contributed by atoms with Gasteiger partial charge in [0.1, 0.15) is 12.3 Å². The number of hydrogen-bond donors (Lipinski definition) is 2. The fourth-order valence-electron chi connectivity index (χ4n) is 5.41. The summed E-state index contributed by atoms with van der Waals surface area (Å²) in [5, 5.41) is 9.86. The molecule has 0 bridgehead atoms. The fraction of sp³-hybridized carbons (Fsp3) is 0.280. The van der Waals surface area contributed by atoms with Crippen molar-refractivity contribution in [1.29, 1.82) is 0 Å². The maximum atomic E-state index is 13.5. The van der Waals surface area contributed by atoms with Crippen molar-refractivity contribution in [3.8, 4) is 11.5 Å². The number of likely N-dealkylation sites (tertiary alicyclic amines) is 1. The van der Waals surface area contributed by atoms with Crippen LogP contribution < -0.4 is 9.47 Å². The Balaban J connectivity index is 1.36. The van der Waals surface area contributed by atoms with Gasteiger partial charge in [0.05, 0.1) is 13.7 Å². The number of H-pyrrole nitrogens is 1. The number of benzene rings is 2. The van der Waals surface area contributed by atoms with Gasteiger partial charge in [-0.05, 0) is 30.0 Å². The summed E-state index contributed by atoms with van der Waals surface area (Å²) in [6.45, 7) is 0.654. The Hall–Kier alpha value is -3.58. The molecule has 7 nitrogen and oxygen atoms in total. The highest BCUT2D eigenvalue weighted by Gasteiger charge is 2.67. The second-order valence-electron chi connectivity index (χ2n) is 8.57. The van der Waals surface area contributed by atoms with Gasteiger partial charge in [-0.25, -0.2) is 0 Å². The Labute approximate surface area is 184 Å². The number of carbonyl (C=O) groups excluding carboxylic acids is 2. The molecule has 2 aliphatic carbocycles. The first-order valence-corrected chi connectivity index (χ1v) is 10.7. The van der Waals surface area contributed by atoms with Gasteiger partial charge in [-0.1, -0.05) is 24.3 Å². The molecule has 2 N–H and O–H groups in total. The Morgan fingerprint density at radius 3 is 2.91 bits per heavy atom. The molecular formula is C25H22N2O5. The fourth-order valence-corrected chi connectivity index (χ4v) is 5.41. The van der Waals surface area contributed by atoms with Crippen LogP contribution in [0.1, 0.15) is 32.8 Å². The van der Waals surface area contributed by atoms with Crippen LogP contribution in [0.25, 0.3) is 10.9 Å². The maximum absolute atomic E-state index is 13.5. The number of amides is 1. The number of fused-ring (bicyclic) bond motifs is 2. The number of hydrogen-bond acceptors (Lipinski definition) is 5. The zero-order chi connectivity index (χ0) is 22.0. The number of aliphatic hydroxyl groups excluding tert-OH is 1. The van der Waals surface area contributed by atoms with Crippen LogP contribution in [0, 0.1) is 5.92 Å². The smallest absolute Gasteiger partial charge is 0.274 e. The van der Waals surface area contributed by atoms with E-state index in [1.54, 1.807) is 36.3 Å². The van der Waals surface area contributed by atoms with Crippen LogP contribution in [0.3, 0.4) is 0 Å². The average molecular weight is 430 g/mol. The average Bonchev–Trinajstić information content (AvgIpc) is 3.21. The van der Waals surface area contributed by atoms with Crippen LogP contribution in [0.2, 0.25) is 0 Å². The molecule has 2 atom stereocenters. The topological polar surface area (TPSA) is 91.9 Å². The lowest BCUT2D eigenvalue weighted by Crippen LogP contribution is -2.33. The minimum atomic E-state index is -0.208. The first-order valence-electron chi connectivity index (χ1n) is 10.7. The summed E-state index contributed by atoms with van der Waals surface area (Å²) in [4.78, 5) is 31.2. The number of nitrogens with one attached hydrogen (secondary N) is 1. The lowest BCUT2D eigenvalue weighted by Gasteiger charge is -2.29. The van der Waals surface area contributed by atoms with E-state index in [0.717, 1.165) is 34.1 Å². The first-order chi connectivity index (χ1) is 15.6. The van der Waals surface area contributed by atoms with Crippen molar-refractivity contribution in [1.82, 2.24) is 9.88 Å². The third-order valence-electron chi connectivity index (χ3n) is 6.93. The van der Waals surface area contributed by atoms with Crippen molar-refractivity contribution >= 4 is 22.6 Å². The molecule has 162 valence electrons. The zero-order valence-electron chi connectivity index (χ0n) is 17.6. The van der Waals surface area contributed by atoms with Gasteiger partial charge in [0.15, 0.2) is 17.3 Å². The molecule has 6 rings (SSSR count). The number of aromatic nitrogens is 1. The van der Waals surface area contributed by atoms with Crippen LogP contribution >= 0.6 is 0 Å². The van der Waals surface area contributed by atoms with E-state index in [1.807, 2.05) is 24.3 Å². The summed E-state index contributed by atoms with van der Waals surface area (Å²) in [6.07, 6.45) is 2.63. The van der Waals surface area contributed by atoms with E-state index in [0.29, 0.717) is 29.7 Å². The van der Waals surface area contributed by atoms with Gasteiger partial charge in [-0.15, -0.1) is 0 Å². The van der Waals surface area contributed by atoms with E-state index < -0.39 is 0 Å². The highest BCUT2D eigenvalue weighted by molar-refractivity contribution is 6.10. The van der Waals surface area contributed by atoms with Crippen LogP contribution in [0.5, 0.6) is 11.5 Å². The van der Waals surface area contributed by atoms with Crippen LogP contribution in [0.4, 0.5) is 0 Å². The number of methoxy groups -OCH3 is 1. The molecule has 1 unspecified atom stereocenters. The number of ketones is 1. The van der Waals surface area contributed by atoms with Gasteiger partial charge >= 0.3 is 0 Å². The summed E-state index contributed by atoms with van der Waals surface area (Å²) < 4.78 is 10.9. The van der Waals surface area contributed by atoms with Gasteiger partial charge in [-0.3, -0.25) is 9.59 Å². The molecule has 1 saturated carbocycles. The quantitative estimate of drug-likeness (QED) is 0.649. The molecule has 1 aromatic heterocycles. The minimum absolute atomic E-state index is 0.0429. The predicted octanol–water partition coefficient (Wildman–Crippen LogP) is 3.04. The van der Waals surface area contributed by atoms with Crippen molar-refractivity contribution in [2.24, 2.45) is 5.92 Å². The molecule has 3 aromatic rings. The number of rotatable bonds is 5. The SMILES string of the molecule is COc1cc2[nH]c(C(=O)N3C[C@H]4CC45C3=CC(=O)c3ccccc35)cc2cc1OCCO. The van der Waals surface area contributed by atoms with E-state index in [1.165, 1.54) is 0 Å². The molecule has 1 aliphatic heterocycles. The van der Waals surface area contributed by atoms with Gasteiger partial charge in [0.2, 0.25) is 0 Å². The number of piperidine rings is 1. The number of aromatic amines is 1. The van der Waals surface area contributed by atoms with Crippen molar-refractivity contribution < 1.29 is 24.2 Å². The second-order valence-corrected chi connectivity index (χ2v) is 8.57. The molecule has 2 fully saturated rings. The van der Waals surface area contributed by atoms with Crippen molar-refractivity contribution in [3.63, 3.8) is 0 Å². The molecule has 1 amide bonds. The summed E-state index contributed by atoms with van der Waals surface area (Å²) in [6, 6.07) is 13.1. The number of aliphatic hydroxyl groups is 1. The summed E-state index contributed by atoms with van der Waals surface area (Å²) in [5.41, 5.74) is 3.61. The largest absolute Gasteiger partial charge is 0.493 e. The maximum Gasteiger partial charge on any atom is 0.274 e. The van der Waals surface area contributed by atoms with E-state index in [2.05, 4.69) is 4.98 Å². The molecule has 1 spiro atoms. The lowest BCUT2D eigenvalue weighted by atomic mass is 9.81. The summed E-state index contributed by atoms with van der Waals surface area (Å²) >= 11 is 0. The van der Waals surface area contributed by atoms with Gasteiger partial charge < -0.3 is 24.5 Å². The Morgan fingerprint density at radius 1 is 1.25 bits per heavy atom. The number of allylic oxidation sites excluding steroid dienone is 2. The van der Waals surface area contributed by atoms with Crippen molar-refractivity contribution in [2.75, 3.05) is 26.9 Å². The number of carbonyl (C=O) groups is 2. The standard InChI is InChI=1S/C25H22N2O5/c1-31-21-10-18-14(9-22(21)32-7-6-28)8-19(26-18)24(30)27-13-15-12-25(15)17-5-3-2-4-16(17)20(29)11-23(25)27/h2-5,8-11,15,26,28H,6-7,12-13H2,1H3/t15-,25?/m1/s1. The van der Waals surface area contributed by atoms with Crippen LogP contribution in [-0.4, -0.2) is 53.5 Å². The molecular weight excluding hydrogens is 408 g/mol. The molecule has 2 aromatic carbocycles. The first kappa shape index (κ1) is 19.1. The highest BCUT2D eigenvalue weighted by Crippen LogP contribution is 2.66. The predicted molar refractivity (Wildman–Crippen MR) is 117 cm³/mol. The van der Waals surface area contributed by atoms with E-state index in [4.69, 9.17) is 14.6 Å². The van der Waals surface area contributed by atoms with Gasteiger partial charge in [0, 0.05) is 46.3 Å². The molecule has 32 heavy (non-hydrogen) atoms. The van der Waals surface area contributed by atoms with E-state index >= 15 is 0 Å². The van der Waals surface area contributed by atoms with E-state index in [-0.39, 0.29) is 30.3 Å². The van der Waals surface area contributed by atoms with E-state index in [9.17, 15) is 9.59 Å². The minimum Gasteiger partial charge on any atom is -0.493 e. The third-order valence-corrected chi connectivity index (χ3v) is 6.93. The Kier molecular flexibility index (Phi) is 4.01. The van der Waals surface area contributed by atoms with Crippen LogP contribution in [-0.2, 0) is 5.41 Å². The van der Waals surface area contributed by atoms with Gasteiger partial charge in [0.25, 0.3) is 5.91 Å². The molecule has 3 aliphatic rings. The monoisotopic (exact) mass is 430 g/mol. The Bertz CT molecular complexity index is 1320. The summed E-state index contributed by atoms with van der Waals surface area (Å²) in [7, 11) is 1.54. The molecule has 0 radical (unpaired) electrons. The third kappa shape index (κ3) is 2.51. The number of nitrogens with zero attached hydrogens (tertiary/aromatic N) is 1. The highest BCUT2D eigenvalue weighted by atomic mass is 16.5. The normalized spacial score (nSPS) is 22.8. The van der Waals surface area contributed by atoms with Crippen molar-refractivity contribution in [3.05, 3.63) is 71.1 Å². The molecule has 2 heterocycles. The van der Waals surface area contributed by atoms with Crippen LogP contribution in [0.15, 0.2) is 54.2 Å².